The SMILES string of the molecule is N#Cc1ccccc1CS(=O)(=O)NC(CN)C1CC1. The van der Waals surface area contributed by atoms with Crippen molar-refractivity contribution in [2.24, 2.45) is 11.7 Å². The molecule has 19 heavy (non-hydrogen) atoms. The predicted molar refractivity (Wildman–Crippen MR) is 72.5 cm³/mol. The predicted octanol–water partition coefficient (Wildman–Crippen LogP) is 0.715. The Kier molecular flexibility index (Phi) is 4.20. The lowest BCUT2D eigenvalue weighted by Gasteiger charge is -2.16. The first kappa shape index (κ1) is 14.0. The van der Waals surface area contributed by atoms with Crippen molar-refractivity contribution < 1.29 is 8.42 Å². The van der Waals surface area contributed by atoms with E-state index in [0.29, 0.717) is 23.6 Å². The summed E-state index contributed by atoms with van der Waals surface area (Å²) < 4.78 is 26.8. The van der Waals surface area contributed by atoms with Crippen molar-refractivity contribution in [1.82, 2.24) is 4.72 Å². The second kappa shape index (κ2) is 5.70. The summed E-state index contributed by atoms with van der Waals surface area (Å²) in [6.07, 6.45) is 2.05. The molecule has 6 heteroatoms. The second-order valence-electron chi connectivity index (χ2n) is 4.83. The van der Waals surface area contributed by atoms with E-state index in [1.54, 1.807) is 24.3 Å². The lowest BCUT2D eigenvalue weighted by Crippen LogP contribution is -2.42. The largest absolute Gasteiger partial charge is 0.329 e. The van der Waals surface area contributed by atoms with Gasteiger partial charge in [0.05, 0.1) is 17.4 Å². The van der Waals surface area contributed by atoms with E-state index in [4.69, 9.17) is 11.0 Å². The maximum Gasteiger partial charge on any atom is 0.216 e. The van der Waals surface area contributed by atoms with Gasteiger partial charge >= 0.3 is 0 Å². The summed E-state index contributed by atoms with van der Waals surface area (Å²) in [6.45, 7) is 0.309. The van der Waals surface area contributed by atoms with Gasteiger partial charge in [-0.1, -0.05) is 18.2 Å². The molecule has 1 saturated carbocycles. The Morgan fingerprint density at radius 1 is 1.42 bits per heavy atom. The minimum absolute atomic E-state index is 0.181. The molecule has 1 aromatic rings. The average molecular weight is 279 g/mol. The van der Waals surface area contributed by atoms with Crippen LogP contribution in [-0.2, 0) is 15.8 Å². The molecular formula is C13H17N3O2S. The quantitative estimate of drug-likeness (QED) is 0.801. The van der Waals surface area contributed by atoms with E-state index in [0.717, 1.165) is 12.8 Å². The molecule has 0 radical (unpaired) electrons. The van der Waals surface area contributed by atoms with Gasteiger partial charge in [-0.25, -0.2) is 13.1 Å². The van der Waals surface area contributed by atoms with Crippen LogP contribution in [0.25, 0.3) is 0 Å². The maximum absolute atomic E-state index is 12.1. The van der Waals surface area contributed by atoms with E-state index in [1.165, 1.54) is 0 Å². The van der Waals surface area contributed by atoms with Crippen LogP contribution in [0.1, 0.15) is 24.0 Å². The molecule has 0 aliphatic heterocycles. The molecule has 5 nitrogen and oxygen atoms in total. The zero-order valence-corrected chi connectivity index (χ0v) is 11.4. The molecule has 0 saturated heterocycles. The van der Waals surface area contributed by atoms with E-state index in [9.17, 15) is 8.42 Å². The molecule has 1 fully saturated rings. The van der Waals surface area contributed by atoms with Gasteiger partial charge in [0.15, 0.2) is 0 Å². The van der Waals surface area contributed by atoms with Crippen LogP contribution < -0.4 is 10.5 Å². The van der Waals surface area contributed by atoms with E-state index in [-0.39, 0.29) is 11.8 Å². The summed E-state index contributed by atoms with van der Waals surface area (Å²) >= 11 is 0. The van der Waals surface area contributed by atoms with Crippen molar-refractivity contribution in [2.75, 3.05) is 6.54 Å². The number of hydrogen-bond donors (Lipinski definition) is 2. The highest BCUT2D eigenvalue weighted by Crippen LogP contribution is 2.32. The standard InChI is InChI=1S/C13H17N3O2S/c14-7-11-3-1-2-4-12(11)9-19(17,18)16-13(8-15)10-5-6-10/h1-4,10,13,16H,5-6,8-9,15H2. The number of nitriles is 1. The average Bonchev–Trinajstić information content (AvgIpc) is 3.20. The van der Waals surface area contributed by atoms with Crippen molar-refractivity contribution in [3.05, 3.63) is 35.4 Å². The molecule has 3 N–H and O–H groups in total. The van der Waals surface area contributed by atoms with Crippen molar-refractivity contribution in [3.8, 4) is 6.07 Å². The highest BCUT2D eigenvalue weighted by atomic mass is 32.2. The monoisotopic (exact) mass is 279 g/mol. The summed E-state index contributed by atoms with van der Waals surface area (Å²) in [5, 5.41) is 8.96. The smallest absolute Gasteiger partial charge is 0.216 e. The van der Waals surface area contributed by atoms with Crippen LogP contribution in [0, 0.1) is 17.2 Å². The lowest BCUT2D eigenvalue weighted by atomic mass is 10.1. The third-order valence-electron chi connectivity index (χ3n) is 3.26. The Bertz CT molecular complexity index is 588. The zero-order chi connectivity index (χ0) is 13.9. The molecule has 1 atom stereocenters. The molecule has 1 aliphatic rings. The fourth-order valence-electron chi connectivity index (χ4n) is 2.07. The Morgan fingerprint density at radius 2 is 2.11 bits per heavy atom. The number of nitrogens with one attached hydrogen (secondary N) is 1. The first-order chi connectivity index (χ1) is 9.05. The molecule has 102 valence electrons. The molecule has 1 aliphatic carbocycles. The van der Waals surface area contributed by atoms with Crippen molar-refractivity contribution in [2.45, 2.75) is 24.6 Å². The van der Waals surface area contributed by atoms with Crippen molar-refractivity contribution in [3.63, 3.8) is 0 Å². The highest BCUT2D eigenvalue weighted by molar-refractivity contribution is 7.88. The molecular weight excluding hydrogens is 262 g/mol. The summed E-state index contributed by atoms with van der Waals surface area (Å²) in [5.74, 6) is 0.186. The minimum Gasteiger partial charge on any atom is -0.329 e. The molecule has 1 aromatic carbocycles. The van der Waals surface area contributed by atoms with Crippen LogP contribution in [0.4, 0.5) is 0 Å². The lowest BCUT2D eigenvalue weighted by molar-refractivity contribution is 0.518. The number of sulfonamides is 1. The van der Waals surface area contributed by atoms with E-state index in [2.05, 4.69) is 4.72 Å². The second-order valence-corrected chi connectivity index (χ2v) is 6.58. The van der Waals surface area contributed by atoms with Gasteiger partial charge in [-0.15, -0.1) is 0 Å². The Labute approximate surface area is 113 Å². The number of nitrogens with two attached hydrogens (primary N) is 1. The molecule has 0 bridgehead atoms. The molecule has 0 spiro atoms. The van der Waals surface area contributed by atoms with E-state index in [1.807, 2.05) is 6.07 Å². The summed E-state index contributed by atoms with van der Waals surface area (Å²) in [5.41, 5.74) is 6.50. The van der Waals surface area contributed by atoms with Crippen LogP contribution in [0.5, 0.6) is 0 Å². The number of hydrogen-bond acceptors (Lipinski definition) is 4. The topological polar surface area (TPSA) is 96.0 Å². The van der Waals surface area contributed by atoms with Crippen LogP contribution in [0.2, 0.25) is 0 Å². The maximum atomic E-state index is 12.1. The molecule has 0 aromatic heterocycles. The number of rotatable bonds is 6. The number of benzene rings is 1. The fraction of sp³-hybridized carbons (Fsp3) is 0.462. The fourth-order valence-corrected chi connectivity index (χ4v) is 3.56. The van der Waals surface area contributed by atoms with Crippen LogP contribution in [-0.4, -0.2) is 21.0 Å². The van der Waals surface area contributed by atoms with Gasteiger partial charge in [0.1, 0.15) is 0 Å². The Balaban J connectivity index is 2.10. The van der Waals surface area contributed by atoms with Crippen molar-refractivity contribution >= 4 is 10.0 Å². The van der Waals surface area contributed by atoms with Gasteiger partial charge in [0.25, 0.3) is 0 Å². The highest BCUT2D eigenvalue weighted by Gasteiger charge is 2.33. The van der Waals surface area contributed by atoms with E-state index >= 15 is 0 Å². The first-order valence-electron chi connectivity index (χ1n) is 6.24. The van der Waals surface area contributed by atoms with Crippen LogP contribution in [0.15, 0.2) is 24.3 Å². The number of nitrogens with zero attached hydrogens (tertiary/aromatic N) is 1. The van der Waals surface area contributed by atoms with E-state index < -0.39 is 10.0 Å². The molecule has 1 unspecified atom stereocenters. The third kappa shape index (κ3) is 3.77. The van der Waals surface area contributed by atoms with Crippen LogP contribution >= 0.6 is 0 Å². The van der Waals surface area contributed by atoms with Gasteiger partial charge in [-0.3, -0.25) is 0 Å². The minimum atomic E-state index is -3.46. The molecule has 0 heterocycles. The van der Waals surface area contributed by atoms with Gasteiger partial charge in [0.2, 0.25) is 10.0 Å². The molecule has 0 amide bonds. The Hall–Kier alpha value is -1.42. The van der Waals surface area contributed by atoms with Gasteiger partial charge in [-0.05, 0) is 30.4 Å². The normalized spacial score (nSPS) is 16.8. The van der Waals surface area contributed by atoms with Crippen LogP contribution in [0.3, 0.4) is 0 Å². The summed E-state index contributed by atoms with van der Waals surface area (Å²) in [4.78, 5) is 0. The summed E-state index contributed by atoms with van der Waals surface area (Å²) in [6, 6.07) is 8.55. The van der Waals surface area contributed by atoms with Gasteiger partial charge in [-0.2, -0.15) is 5.26 Å². The Morgan fingerprint density at radius 3 is 2.68 bits per heavy atom. The molecule has 2 rings (SSSR count). The summed E-state index contributed by atoms with van der Waals surface area (Å²) in [7, 11) is -3.46. The first-order valence-corrected chi connectivity index (χ1v) is 7.89. The van der Waals surface area contributed by atoms with Crippen molar-refractivity contribution in [1.29, 1.82) is 5.26 Å². The zero-order valence-electron chi connectivity index (χ0n) is 10.5. The third-order valence-corrected chi connectivity index (χ3v) is 4.61. The van der Waals surface area contributed by atoms with Gasteiger partial charge < -0.3 is 5.73 Å². The van der Waals surface area contributed by atoms with Gasteiger partial charge in [0, 0.05) is 12.6 Å².